The molecule has 0 saturated carbocycles. The molecule has 0 fully saturated rings. The molecule has 1 aromatic carbocycles. The maximum Gasteiger partial charge on any atom is 0.243 e. The Labute approximate surface area is 126 Å². The maximum absolute atomic E-state index is 12.4. The van der Waals surface area contributed by atoms with Crippen molar-refractivity contribution in [3.8, 4) is 0 Å². The predicted octanol–water partition coefficient (Wildman–Crippen LogP) is 1.67. The SMILES string of the molecule is CCC(=O)c1cccc(S(=O)(=O)N(C)C(C)CN)c1.Cl. The standard InChI is InChI=1S/C13H20N2O3S.ClH/c1-4-13(16)11-6-5-7-12(8-11)19(17,18)15(3)10(2)9-14;/h5-8,10H,4,9,14H2,1-3H3;1H. The monoisotopic (exact) mass is 320 g/mol. The fraction of sp³-hybridized carbons (Fsp3) is 0.462. The van der Waals surface area contributed by atoms with E-state index in [1.54, 1.807) is 26.0 Å². The molecule has 0 radical (unpaired) electrons. The van der Waals surface area contributed by atoms with E-state index in [0.717, 1.165) is 0 Å². The topological polar surface area (TPSA) is 80.5 Å². The third-order valence-corrected chi connectivity index (χ3v) is 5.08. The van der Waals surface area contributed by atoms with Gasteiger partial charge in [0.1, 0.15) is 0 Å². The van der Waals surface area contributed by atoms with Crippen LogP contribution < -0.4 is 5.73 Å². The normalized spacial score (nSPS) is 12.8. The summed E-state index contributed by atoms with van der Waals surface area (Å²) >= 11 is 0. The van der Waals surface area contributed by atoms with E-state index >= 15 is 0 Å². The summed E-state index contributed by atoms with van der Waals surface area (Å²) < 4.78 is 25.9. The van der Waals surface area contributed by atoms with Crippen molar-refractivity contribution in [2.45, 2.75) is 31.2 Å². The van der Waals surface area contributed by atoms with Crippen LogP contribution in [0.3, 0.4) is 0 Å². The van der Waals surface area contributed by atoms with Crippen LogP contribution in [0, 0.1) is 0 Å². The van der Waals surface area contributed by atoms with Crippen LogP contribution in [0.4, 0.5) is 0 Å². The lowest BCUT2D eigenvalue weighted by Crippen LogP contribution is -2.39. The molecule has 0 aliphatic rings. The van der Waals surface area contributed by atoms with Crippen LogP contribution >= 0.6 is 12.4 Å². The summed E-state index contributed by atoms with van der Waals surface area (Å²) in [5.41, 5.74) is 5.90. The molecule has 1 unspecified atom stereocenters. The zero-order chi connectivity index (χ0) is 14.6. The molecule has 1 rings (SSSR count). The number of carbonyl (C=O) groups excluding carboxylic acids is 1. The highest BCUT2D eigenvalue weighted by Crippen LogP contribution is 2.18. The summed E-state index contributed by atoms with van der Waals surface area (Å²) in [5.74, 6) is -0.0772. The van der Waals surface area contributed by atoms with Crippen LogP contribution in [0.5, 0.6) is 0 Å². The number of sulfonamides is 1. The van der Waals surface area contributed by atoms with Crippen molar-refractivity contribution in [1.29, 1.82) is 0 Å². The summed E-state index contributed by atoms with van der Waals surface area (Å²) in [4.78, 5) is 11.7. The van der Waals surface area contributed by atoms with Crippen molar-refractivity contribution < 1.29 is 13.2 Å². The van der Waals surface area contributed by atoms with Crippen molar-refractivity contribution >= 4 is 28.2 Å². The molecule has 114 valence electrons. The second-order valence-electron chi connectivity index (χ2n) is 4.41. The summed E-state index contributed by atoms with van der Waals surface area (Å²) in [6, 6.07) is 5.81. The first-order valence-corrected chi connectivity index (χ1v) is 7.60. The molecule has 5 nitrogen and oxygen atoms in total. The Morgan fingerprint density at radius 3 is 2.50 bits per heavy atom. The van der Waals surface area contributed by atoms with Gasteiger partial charge in [0.15, 0.2) is 5.78 Å². The number of likely N-dealkylation sites (N-methyl/N-ethyl adjacent to an activating group) is 1. The van der Waals surface area contributed by atoms with Gasteiger partial charge < -0.3 is 5.73 Å². The number of carbonyl (C=O) groups is 1. The summed E-state index contributed by atoms with van der Waals surface area (Å²) in [5, 5.41) is 0. The van der Waals surface area contributed by atoms with Crippen LogP contribution in [0.1, 0.15) is 30.6 Å². The fourth-order valence-electron chi connectivity index (χ4n) is 1.59. The summed E-state index contributed by atoms with van der Waals surface area (Å²) in [6.45, 7) is 3.72. The molecule has 0 aliphatic heterocycles. The van der Waals surface area contributed by atoms with Gasteiger partial charge in [-0.3, -0.25) is 4.79 Å². The highest BCUT2D eigenvalue weighted by atomic mass is 35.5. The number of hydrogen-bond acceptors (Lipinski definition) is 4. The van der Waals surface area contributed by atoms with Crippen molar-refractivity contribution in [2.75, 3.05) is 13.6 Å². The highest BCUT2D eigenvalue weighted by molar-refractivity contribution is 7.89. The van der Waals surface area contributed by atoms with E-state index in [-0.39, 0.29) is 35.7 Å². The Hall–Kier alpha value is -0.950. The second-order valence-corrected chi connectivity index (χ2v) is 6.41. The number of hydrogen-bond donors (Lipinski definition) is 1. The molecule has 1 aromatic rings. The Kier molecular flexibility index (Phi) is 7.37. The number of nitrogens with two attached hydrogens (primary N) is 1. The Morgan fingerprint density at radius 2 is 2.00 bits per heavy atom. The fourth-order valence-corrected chi connectivity index (χ4v) is 3.00. The zero-order valence-corrected chi connectivity index (χ0v) is 13.5. The molecule has 0 spiro atoms. The summed E-state index contributed by atoms with van der Waals surface area (Å²) in [6.07, 6.45) is 0.346. The largest absolute Gasteiger partial charge is 0.329 e. The molecule has 0 aromatic heterocycles. The zero-order valence-electron chi connectivity index (χ0n) is 11.9. The van der Waals surface area contributed by atoms with Crippen molar-refractivity contribution in [3.63, 3.8) is 0 Å². The third-order valence-electron chi connectivity index (χ3n) is 3.12. The van der Waals surface area contributed by atoms with E-state index in [1.807, 2.05) is 0 Å². The van der Waals surface area contributed by atoms with E-state index in [1.165, 1.54) is 23.5 Å². The van der Waals surface area contributed by atoms with Gasteiger partial charge in [-0.2, -0.15) is 4.31 Å². The van der Waals surface area contributed by atoms with E-state index in [9.17, 15) is 13.2 Å². The predicted molar refractivity (Wildman–Crippen MR) is 81.8 cm³/mol. The van der Waals surface area contributed by atoms with Gasteiger partial charge in [-0.05, 0) is 19.1 Å². The van der Waals surface area contributed by atoms with E-state index in [2.05, 4.69) is 0 Å². The first-order valence-electron chi connectivity index (χ1n) is 6.16. The Balaban J connectivity index is 0.00000361. The molecule has 0 saturated heterocycles. The van der Waals surface area contributed by atoms with Gasteiger partial charge in [-0.1, -0.05) is 19.1 Å². The molecule has 0 heterocycles. The average Bonchev–Trinajstić information content (AvgIpc) is 2.44. The average molecular weight is 321 g/mol. The molecular formula is C13H21ClN2O3S. The number of ketones is 1. The first kappa shape index (κ1) is 19.1. The van der Waals surface area contributed by atoms with Crippen LogP contribution in [0.2, 0.25) is 0 Å². The number of benzene rings is 1. The smallest absolute Gasteiger partial charge is 0.243 e. The minimum atomic E-state index is -3.61. The Bertz CT molecular complexity index is 560. The van der Waals surface area contributed by atoms with Gasteiger partial charge in [0.25, 0.3) is 0 Å². The molecule has 1 atom stereocenters. The maximum atomic E-state index is 12.4. The van der Waals surface area contributed by atoms with Crippen LogP contribution in [-0.4, -0.2) is 38.1 Å². The molecule has 0 bridgehead atoms. The molecule has 20 heavy (non-hydrogen) atoms. The molecule has 0 aliphatic carbocycles. The number of halogens is 1. The van der Waals surface area contributed by atoms with E-state index < -0.39 is 10.0 Å². The minimum Gasteiger partial charge on any atom is -0.329 e. The second kappa shape index (κ2) is 7.73. The first-order chi connectivity index (χ1) is 8.84. The lowest BCUT2D eigenvalue weighted by Gasteiger charge is -2.23. The van der Waals surface area contributed by atoms with Gasteiger partial charge in [0, 0.05) is 31.6 Å². The number of rotatable bonds is 6. The van der Waals surface area contributed by atoms with Crippen molar-refractivity contribution in [3.05, 3.63) is 29.8 Å². The third kappa shape index (κ3) is 4.02. The summed E-state index contributed by atoms with van der Waals surface area (Å²) in [7, 11) is -2.13. The van der Waals surface area contributed by atoms with Crippen LogP contribution in [0.25, 0.3) is 0 Å². The van der Waals surface area contributed by atoms with Crippen LogP contribution in [-0.2, 0) is 10.0 Å². The van der Waals surface area contributed by atoms with E-state index in [4.69, 9.17) is 5.73 Å². The molecular weight excluding hydrogens is 300 g/mol. The van der Waals surface area contributed by atoms with Gasteiger partial charge in [-0.15, -0.1) is 12.4 Å². The molecule has 0 amide bonds. The van der Waals surface area contributed by atoms with Crippen LogP contribution in [0.15, 0.2) is 29.2 Å². The lowest BCUT2D eigenvalue weighted by molar-refractivity contribution is 0.0988. The van der Waals surface area contributed by atoms with E-state index in [0.29, 0.717) is 12.0 Å². The van der Waals surface area contributed by atoms with Crippen molar-refractivity contribution in [2.24, 2.45) is 5.73 Å². The van der Waals surface area contributed by atoms with Gasteiger partial charge in [0.05, 0.1) is 4.90 Å². The Morgan fingerprint density at radius 1 is 1.40 bits per heavy atom. The lowest BCUT2D eigenvalue weighted by atomic mass is 10.1. The van der Waals surface area contributed by atoms with Gasteiger partial charge >= 0.3 is 0 Å². The molecule has 2 N–H and O–H groups in total. The van der Waals surface area contributed by atoms with Crippen molar-refractivity contribution in [1.82, 2.24) is 4.31 Å². The number of nitrogens with zero attached hydrogens (tertiary/aromatic N) is 1. The minimum absolute atomic E-state index is 0. The molecule has 7 heteroatoms. The number of Topliss-reactive ketones (excluding diaryl/α,β-unsaturated/α-hetero) is 1. The van der Waals surface area contributed by atoms with Gasteiger partial charge in [0.2, 0.25) is 10.0 Å². The van der Waals surface area contributed by atoms with Gasteiger partial charge in [-0.25, -0.2) is 8.42 Å². The highest BCUT2D eigenvalue weighted by Gasteiger charge is 2.25. The quantitative estimate of drug-likeness (QED) is 0.808.